The maximum atomic E-state index is 2.41. The van der Waals surface area contributed by atoms with Gasteiger partial charge >= 0.3 is 0 Å². The Hall–Kier alpha value is -0.560. The van der Waals surface area contributed by atoms with Gasteiger partial charge in [-0.05, 0) is 46.2 Å². The summed E-state index contributed by atoms with van der Waals surface area (Å²) < 4.78 is 0. The second-order valence-corrected chi connectivity index (χ2v) is 6.04. The molecule has 0 aromatic rings. The molecule has 0 bridgehead atoms. The van der Waals surface area contributed by atoms with Crippen LogP contribution in [-0.4, -0.2) is 25.0 Å². The van der Waals surface area contributed by atoms with Crippen LogP contribution in [-0.2, 0) is 0 Å². The van der Waals surface area contributed by atoms with Gasteiger partial charge in [0, 0.05) is 12.0 Å². The van der Waals surface area contributed by atoms with Crippen molar-refractivity contribution >= 4 is 0 Å². The Morgan fingerprint density at radius 2 is 2.06 bits per heavy atom. The molecule has 0 fully saturated rings. The molecule has 2 unspecified atom stereocenters. The van der Waals surface area contributed by atoms with Crippen LogP contribution in [0.15, 0.2) is 23.8 Å². The Labute approximate surface area is 101 Å². The fourth-order valence-corrected chi connectivity index (χ4v) is 2.43. The lowest BCUT2D eigenvalue weighted by Crippen LogP contribution is -2.27. The van der Waals surface area contributed by atoms with Crippen LogP contribution in [0.25, 0.3) is 0 Å². The minimum absolute atomic E-state index is 0.418. The molecule has 0 aromatic carbocycles. The van der Waals surface area contributed by atoms with Crippen molar-refractivity contribution in [2.75, 3.05) is 14.1 Å². The topological polar surface area (TPSA) is 3.24 Å². The summed E-state index contributed by atoms with van der Waals surface area (Å²) in [5, 5.41) is 0. The van der Waals surface area contributed by atoms with Crippen molar-refractivity contribution in [1.82, 2.24) is 4.90 Å². The quantitative estimate of drug-likeness (QED) is 0.654. The van der Waals surface area contributed by atoms with Crippen LogP contribution in [0, 0.1) is 11.3 Å². The predicted molar refractivity (Wildman–Crippen MR) is 72.6 cm³/mol. The monoisotopic (exact) mass is 221 g/mol. The highest BCUT2D eigenvalue weighted by Gasteiger charge is 2.30. The summed E-state index contributed by atoms with van der Waals surface area (Å²) in [5.74, 6) is 0.614. The molecule has 16 heavy (non-hydrogen) atoms. The van der Waals surface area contributed by atoms with Gasteiger partial charge in [-0.3, -0.25) is 0 Å². The average Bonchev–Trinajstić information content (AvgIpc) is 2.15. The Morgan fingerprint density at radius 1 is 1.44 bits per heavy atom. The fraction of sp³-hybridized carbons (Fsp3) is 0.733. The summed E-state index contributed by atoms with van der Waals surface area (Å²) in [5.41, 5.74) is 1.96. The van der Waals surface area contributed by atoms with Gasteiger partial charge in [-0.1, -0.05) is 37.6 Å². The summed E-state index contributed by atoms with van der Waals surface area (Å²) in [6, 6.07) is 0.519. The molecule has 0 saturated carbocycles. The molecule has 0 saturated heterocycles. The zero-order chi connectivity index (χ0) is 12.3. The molecule has 1 rings (SSSR count). The van der Waals surface area contributed by atoms with Crippen LogP contribution < -0.4 is 0 Å². The highest BCUT2D eigenvalue weighted by Crippen LogP contribution is 2.41. The first-order valence-corrected chi connectivity index (χ1v) is 6.36. The van der Waals surface area contributed by atoms with Crippen molar-refractivity contribution in [3.8, 4) is 0 Å². The summed E-state index contributed by atoms with van der Waals surface area (Å²) in [6.45, 7) is 9.29. The molecule has 92 valence electrons. The van der Waals surface area contributed by atoms with E-state index in [1.807, 2.05) is 0 Å². The van der Waals surface area contributed by atoms with Crippen molar-refractivity contribution in [1.29, 1.82) is 0 Å². The van der Waals surface area contributed by atoms with Gasteiger partial charge in [0.1, 0.15) is 0 Å². The zero-order valence-corrected chi connectivity index (χ0v) is 11.7. The molecule has 2 atom stereocenters. The van der Waals surface area contributed by atoms with Crippen molar-refractivity contribution in [3.05, 3.63) is 23.8 Å². The second-order valence-electron chi connectivity index (χ2n) is 6.04. The number of hydrogen-bond acceptors (Lipinski definition) is 1. The summed E-state index contributed by atoms with van der Waals surface area (Å²) in [4.78, 5) is 2.24. The maximum absolute atomic E-state index is 2.41. The summed E-state index contributed by atoms with van der Waals surface area (Å²) in [6.07, 6.45) is 9.70. The Balaban J connectivity index is 2.77. The largest absolute Gasteiger partial charge is 0.303 e. The summed E-state index contributed by atoms with van der Waals surface area (Å²) in [7, 11) is 4.26. The van der Waals surface area contributed by atoms with Gasteiger partial charge in [0.25, 0.3) is 0 Å². The molecule has 0 N–H and O–H groups in total. The fourth-order valence-electron chi connectivity index (χ4n) is 2.43. The van der Waals surface area contributed by atoms with Gasteiger partial charge in [-0.15, -0.1) is 0 Å². The normalized spacial score (nSPS) is 27.2. The second kappa shape index (κ2) is 5.18. The SMILES string of the molecule is CC1=CCCC(C)(C)C1C=CC(C)N(C)C. The molecular formula is C15H27N. The molecule has 0 amide bonds. The lowest BCUT2D eigenvalue weighted by molar-refractivity contribution is 0.254. The molecule has 0 aromatic heterocycles. The minimum atomic E-state index is 0.418. The number of likely N-dealkylation sites (N-methyl/N-ethyl adjacent to an activating group) is 1. The molecule has 0 aliphatic heterocycles. The third kappa shape index (κ3) is 3.21. The van der Waals surface area contributed by atoms with E-state index in [9.17, 15) is 0 Å². The first-order chi connectivity index (χ1) is 7.34. The van der Waals surface area contributed by atoms with E-state index in [1.54, 1.807) is 5.57 Å². The zero-order valence-electron chi connectivity index (χ0n) is 11.7. The van der Waals surface area contributed by atoms with Crippen LogP contribution >= 0.6 is 0 Å². The van der Waals surface area contributed by atoms with E-state index >= 15 is 0 Å². The number of hydrogen-bond donors (Lipinski definition) is 0. The summed E-state index contributed by atoms with van der Waals surface area (Å²) >= 11 is 0. The van der Waals surface area contributed by atoms with Gasteiger partial charge in [-0.25, -0.2) is 0 Å². The van der Waals surface area contributed by atoms with E-state index in [1.165, 1.54) is 12.8 Å². The molecule has 0 radical (unpaired) electrons. The third-order valence-corrected chi connectivity index (χ3v) is 3.98. The maximum Gasteiger partial charge on any atom is 0.0243 e. The third-order valence-electron chi connectivity index (χ3n) is 3.98. The van der Waals surface area contributed by atoms with Crippen molar-refractivity contribution in [3.63, 3.8) is 0 Å². The van der Waals surface area contributed by atoms with Gasteiger partial charge < -0.3 is 4.90 Å². The first-order valence-electron chi connectivity index (χ1n) is 6.36. The number of nitrogens with zero attached hydrogens (tertiary/aromatic N) is 1. The van der Waals surface area contributed by atoms with E-state index in [2.05, 4.69) is 64.9 Å². The van der Waals surface area contributed by atoms with E-state index in [0.717, 1.165) is 0 Å². The van der Waals surface area contributed by atoms with Crippen LogP contribution in [0.1, 0.15) is 40.5 Å². The van der Waals surface area contributed by atoms with Crippen LogP contribution in [0.5, 0.6) is 0 Å². The van der Waals surface area contributed by atoms with Crippen molar-refractivity contribution in [2.45, 2.75) is 46.6 Å². The van der Waals surface area contributed by atoms with Crippen molar-refractivity contribution in [2.24, 2.45) is 11.3 Å². The Kier molecular flexibility index (Phi) is 4.37. The highest BCUT2D eigenvalue weighted by atomic mass is 15.1. The average molecular weight is 221 g/mol. The van der Waals surface area contributed by atoms with E-state index in [4.69, 9.17) is 0 Å². The lowest BCUT2D eigenvalue weighted by atomic mass is 9.68. The van der Waals surface area contributed by atoms with Gasteiger partial charge in [0.2, 0.25) is 0 Å². The highest BCUT2D eigenvalue weighted by molar-refractivity contribution is 5.19. The van der Waals surface area contributed by atoms with Gasteiger partial charge in [-0.2, -0.15) is 0 Å². The van der Waals surface area contributed by atoms with E-state index in [-0.39, 0.29) is 0 Å². The Morgan fingerprint density at radius 3 is 2.56 bits per heavy atom. The molecule has 1 aliphatic rings. The number of allylic oxidation sites excluding steroid dienone is 3. The minimum Gasteiger partial charge on any atom is -0.303 e. The van der Waals surface area contributed by atoms with Crippen LogP contribution in [0.4, 0.5) is 0 Å². The molecule has 0 spiro atoms. The smallest absolute Gasteiger partial charge is 0.0243 e. The van der Waals surface area contributed by atoms with Crippen LogP contribution in [0.3, 0.4) is 0 Å². The Bertz CT molecular complexity index is 284. The van der Waals surface area contributed by atoms with Crippen molar-refractivity contribution < 1.29 is 0 Å². The number of rotatable bonds is 3. The van der Waals surface area contributed by atoms with E-state index in [0.29, 0.717) is 17.4 Å². The first kappa shape index (κ1) is 13.5. The molecule has 1 heteroatoms. The van der Waals surface area contributed by atoms with Gasteiger partial charge in [0.15, 0.2) is 0 Å². The molecule has 1 nitrogen and oxygen atoms in total. The molecule has 0 heterocycles. The molecule has 1 aliphatic carbocycles. The predicted octanol–water partition coefficient (Wildman–Crippen LogP) is 3.88. The standard InChI is InChI=1S/C15H27N/c1-12-8-7-11-15(3,4)14(12)10-9-13(2)16(5)6/h8-10,13-14H,7,11H2,1-6H3. The van der Waals surface area contributed by atoms with Crippen LogP contribution in [0.2, 0.25) is 0 Å². The van der Waals surface area contributed by atoms with Gasteiger partial charge in [0.05, 0.1) is 0 Å². The van der Waals surface area contributed by atoms with E-state index < -0.39 is 0 Å². The lowest BCUT2D eigenvalue weighted by Gasteiger charge is -2.37. The molecular weight excluding hydrogens is 194 g/mol.